The number of carbonyl (C=O) groups is 1. The molecule has 0 radical (unpaired) electrons. The summed E-state index contributed by atoms with van der Waals surface area (Å²) >= 11 is 1.78. The van der Waals surface area contributed by atoms with Gasteiger partial charge in [-0.15, -0.1) is 11.3 Å². The van der Waals surface area contributed by atoms with Crippen LogP contribution >= 0.6 is 11.3 Å². The molecule has 170 valence electrons. The fraction of sp³-hybridized carbons (Fsp3) is 0.370. The van der Waals surface area contributed by atoms with E-state index in [9.17, 15) is 9.90 Å². The van der Waals surface area contributed by atoms with Crippen LogP contribution in [0.1, 0.15) is 35.3 Å². The van der Waals surface area contributed by atoms with Gasteiger partial charge in [-0.25, -0.2) is 4.79 Å². The number of carbonyl (C=O) groups excluding carboxylic acids is 1. The first-order valence-corrected chi connectivity index (χ1v) is 12.6. The highest BCUT2D eigenvalue weighted by Crippen LogP contribution is 2.48. The predicted octanol–water partition coefficient (Wildman–Crippen LogP) is 4.83. The van der Waals surface area contributed by atoms with Gasteiger partial charge in [0.15, 0.2) is 0 Å². The van der Waals surface area contributed by atoms with E-state index in [1.807, 2.05) is 24.3 Å². The molecule has 0 spiro atoms. The fourth-order valence-corrected chi connectivity index (χ4v) is 6.58. The smallest absolute Gasteiger partial charge is 0.352 e. The molecule has 5 nitrogen and oxygen atoms in total. The summed E-state index contributed by atoms with van der Waals surface area (Å²) in [5, 5.41) is 14.1. The van der Waals surface area contributed by atoms with Crippen LogP contribution in [-0.4, -0.2) is 41.4 Å². The average Bonchev–Trinajstić information content (AvgIpc) is 3.38. The number of piperidine rings is 3. The number of para-hydroxylation sites is 2. The third-order valence-corrected chi connectivity index (χ3v) is 8.74. The Morgan fingerprint density at radius 2 is 1.70 bits per heavy atom. The van der Waals surface area contributed by atoms with Crippen molar-refractivity contribution in [2.45, 2.75) is 37.5 Å². The summed E-state index contributed by atoms with van der Waals surface area (Å²) in [6.45, 7) is 3.02. The zero-order valence-corrected chi connectivity index (χ0v) is 19.3. The van der Waals surface area contributed by atoms with Crippen molar-refractivity contribution >= 4 is 17.3 Å². The van der Waals surface area contributed by atoms with Gasteiger partial charge in [-0.2, -0.15) is 0 Å². The third-order valence-electron chi connectivity index (χ3n) is 7.81. The zero-order valence-electron chi connectivity index (χ0n) is 18.5. The minimum absolute atomic E-state index is 0.226. The summed E-state index contributed by atoms with van der Waals surface area (Å²) in [4.78, 5) is 15.2. The van der Waals surface area contributed by atoms with Crippen LogP contribution in [-0.2, 0) is 21.6 Å². The fourth-order valence-electron chi connectivity index (χ4n) is 5.88. The van der Waals surface area contributed by atoms with Crippen molar-refractivity contribution in [2.75, 3.05) is 19.6 Å². The normalized spacial score (nSPS) is 26.7. The van der Waals surface area contributed by atoms with Crippen LogP contribution in [0.2, 0.25) is 0 Å². The van der Waals surface area contributed by atoms with Crippen molar-refractivity contribution in [2.24, 2.45) is 5.92 Å². The molecule has 5 heterocycles. The van der Waals surface area contributed by atoms with Gasteiger partial charge in [0.1, 0.15) is 11.5 Å². The van der Waals surface area contributed by atoms with E-state index in [0.717, 1.165) is 37.0 Å². The Morgan fingerprint density at radius 3 is 2.33 bits per heavy atom. The second-order valence-electron chi connectivity index (χ2n) is 9.56. The van der Waals surface area contributed by atoms with Gasteiger partial charge in [0.25, 0.3) is 0 Å². The molecule has 0 aliphatic carbocycles. The average molecular weight is 463 g/mol. The quantitative estimate of drug-likeness (QED) is 0.436. The summed E-state index contributed by atoms with van der Waals surface area (Å²) < 4.78 is 13.1. The summed E-state index contributed by atoms with van der Waals surface area (Å²) in [6.07, 6.45) is 3.99. The number of rotatable bonds is 5. The van der Waals surface area contributed by atoms with E-state index in [1.165, 1.54) is 17.7 Å². The van der Waals surface area contributed by atoms with Gasteiger partial charge < -0.3 is 14.6 Å². The molecule has 1 aromatic heterocycles. The Labute approximate surface area is 197 Å². The molecule has 2 bridgehead atoms. The molecular formula is C27H28NO4S+. The molecule has 3 aromatic rings. The minimum atomic E-state index is -1.89. The summed E-state index contributed by atoms with van der Waals surface area (Å²) in [7, 11) is 0. The highest BCUT2D eigenvalue weighted by molar-refractivity contribution is 7.09. The van der Waals surface area contributed by atoms with Crippen LogP contribution in [0.25, 0.3) is 0 Å². The molecule has 3 fully saturated rings. The maximum atomic E-state index is 13.8. The lowest BCUT2D eigenvalue weighted by Crippen LogP contribution is -2.66. The minimum Gasteiger partial charge on any atom is -0.457 e. The van der Waals surface area contributed by atoms with E-state index in [0.29, 0.717) is 28.5 Å². The van der Waals surface area contributed by atoms with E-state index >= 15 is 0 Å². The largest absolute Gasteiger partial charge is 0.457 e. The van der Waals surface area contributed by atoms with Crippen LogP contribution in [0, 0.1) is 5.92 Å². The van der Waals surface area contributed by atoms with Crippen LogP contribution in [0.5, 0.6) is 11.5 Å². The number of nitrogens with zero attached hydrogens (tertiary/aromatic N) is 1. The Kier molecular flexibility index (Phi) is 5.05. The standard InChI is InChI=1S/C27H28NO4S/c29-26(27(30)21-7-1-3-9-23(21)31-24-10-4-2-8-22(24)27)32-25-18-19-11-14-28(25,15-12-19)16-13-20-6-5-17-33-20/h1-10,17,19,25,30H,11-16,18H2/q+1/t19?,25-,28?/m1/s1. The lowest BCUT2D eigenvalue weighted by Gasteiger charge is -2.53. The van der Waals surface area contributed by atoms with Crippen molar-refractivity contribution in [1.29, 1.82) is 0 Å². The maximum Gasteiger partial charge on any atom is 0.352 e. The molecule has 6 heteroatoms. The van der Waals surface area contributed by atoms with Gasteiger partial charge in [0.2, 0.25) is 11.8 Å². The van der Waals surface area contributed by atoms with Crippen LogP contribution in [0.3, 0.4) is 0 Å². The van der Waals surface area contributed by atoms with Crippen LogP contribution in [0.4, 0.5) is 0 Å². The van der Waals surface area contributed by atoms with E-state index < -0.39 is 11.6 Å². The number of hydrogen-bond acceptors (Lipinski definition) is 5. The van der Waals surface area contributed by atoms with E-state index in [2.05, 4.69) is 17.5 Å². The van der Waals surface area contributed by atoms with Crippen molar-refractivity contribution in [1.82, 2.24) is 0 Å². The zero-order chi connectivity index (χ0) is 22.5. The molecule has 1 atom stereocenters. The Morgan fingerprint density at radius 1 is 1.03 bits per heavy atom. The molecule has 0 amide bonds. The Hall–Kier alpha value is -2.67. The molecule has 2 aromatic carbocycles. The number of thiophene rings is 1. The van der Waals surface area contributed by atoms with E-state index in [-0.39, 0.29) is 6.23 Å². The number of ether oxygens (including phenoxy) is 2. The van der Waals surface area contributed by atoms with Gasteiger partial charge in [0.05, 0.1) is 19.6 Å². The monoisotopic (exact) mass is 462 g/mol. The van der Waals surface area contributed by atoms with E-state index in [4.69, 9.17) is 9.47 Å². The molecule has 0 saturated carbocycles. The van der Waals surface area contributed by atoms with Gasteiger partial charge in [-0.1, -0.05) is 42.5 Å². The number of quaternary nitrogens is 1. The van der Waals surface area contributed by atoms with Crippen LogP contribution in [0.15, 0.2) is 66.0 Å². The maximum absolute atomic E-state index is 13.8. The number of hydrogen-bond donors (Lipinski definition) is 1. The summed E-state index contributed by atoms with van der Waals surface area (Å²) in [5.41, 5.74) is -1.01. The molecule has 0 unspecified atom stereocenters. The Balaban J connectivity index is 1.32. The summed E-state index contributed by atoms with van der Waals surface area (Å²) in [5.74, 6) is 0.968. The van der Waals surface area contributed by atoms with Gasteiger partial charge >= 0.3 is 5.97 Å². The number of fused-ring (bicyclic) bond motifs is 5. The van der Waals surface area contributed by atoms with Crippen molar-refractivity contribution in [3.63, 3.8) is 0 Å². The van der Waals surface area contributed by atoms with Gasteiger partial charge in [0, 0.05) is 41.7 Å². The van der Waals surface area contributed by atoms with Gasteiger partial charge in [-0.3, -0.25) is 4.48 Å². The first kappa shape index (κ1) is 20.9. The third kappa shape index (κ3) is 3.39. The predicted molar refractivity (Wildman–Crippen MR) is 126 cm³/mol. The molecule has 7 rings (SSSR count). The van der Waals surface area contributed by atoms with E-state index in [1.54, 1.807) is 35.6 Å². The van der Waals surface area contributed by atoms with Crippen molar-refractivity contribution in [3.8, 4) is 11.5 Å². The number of benzene rings is 2. The van der Waals surface area contributed by atoms with Crippen LogP contribution < -0.4 is 4.74 Å². The first-order valence-electron chi connectivity index (χ1n) is 11.8. The molecular weight excluding hydrogens is 434 g/mol. The lowest BCUT2D eigenvalue weighted by molar-refractivity contribution is -0.984. The summed E-state index contributed by atoms with van der Waals surface area (Å²) in [6, 6.07) is 18.7. The number of esters is 1. The second-order valence-corrected chi connectivity index (χ2v) is 10.6. The topological polar surface area (TPSA) is 55.8 Å². The van der Waals surface area contributed by atoms with Crippen molar-refractivity contribution < 1.29 is 23.9 Å². The Bertz CT molecular complexity index is 1120. The van der Waals surface area contributed by atoms with Gasteiger partial charge in [-0.05, 0) is 29.5 Å². The lowest BCUT2D eigenvalue weighted by atomic mass is 9.82. The molecule has 4 aliphatic heterocycles. The molecule has 1 N–H and O–H groups in total. The molecule has 3 saturated heterocycles. The second kappa shape index (κ2) is 7.97. The highest BCUT2D eigenvalue weighted by Gasteiger charge is 2.54. The first-order chi connectivity index (χ1) is 16.1. The molecule has 4 aliphatic rings. The van der Waals surface area contributed by atoms with Crippen molar-refractivity contribution in [3.05, 3.63) is 82.0 Å². The SMILES string of the molecule is O=C(O[C@@H]1CC2CC[N+]1(CCc1cccs1)CC2)C1(O)c2ccccc2Oc2ccccc21. The molecule has 33 heavy (non-hydrogen) atoms. The number of aliphatic hydroxyl groups is 1. The highest BCUT2D eigenvalue weighted by atomic mass is 32.1.